The summed E-state index contributed by atoms with van der Waals surface area (Å²) in [7, 11) is -1.57. The lowest BCUT2D eigenvalue weighted by molar-refractivity contribution is -0.00000634. The molecule has 4 saturated heterocycles. The van der Waals surface area contributed by atoms with Crippen molar-refractivity contribution in [1.29, 1.82) is 0 Å². The van der Waals surface area contributed by atoms with Crippen LogP contribution < -0.4 is 12.4 Å². The molecule has 0 saturated carbocycles. The lowest BCUT2D eigenvalue weighted by atomic mass is 10.4. The van der Waals surface area contributed by atoms with Crippen LogP contribution in [0.25, 0.3) is 0 Å². The van der Waals surface area contributed by atoms with Gasteiger partial charge in [-0.05, 0) is 25.7 Å². The van der Waals surface area contributed by atoms with Gasteiger partial charge in [-0.2, -0.15) is 0 Å². The average Bonchev–Trinajstić information content (AvgIpc) is 3.32. The van der Waals surface area contributed by atoms with Crippen LogP contribution >= 0.6 is 7.87 Å². The summed E-state index contributed by atoms with van der Waals surface area (Å²) in [6.07, 6.45) is 5.46. The van der Waals surface area contributed by atoms with Gasteiger partial charge in [0.1, 0.15) is 0 Å². The molecule has 4 aliphatic rings. The average molecular weight is 379 g/mol. The van der Waals surface area contributed by atoms with Gasteiger partial charge in [0, 0.05) is 26.2 Å². The van der Waals surface area contributed by atoms with Crippen LogP contribution in [0.3, 0.4) is 0 Å². The first kappa shape index (κ1) is 19.2. The molecule has 0 bridgehead atoms. The number of hydrogen-bond acceptors (Lipinski definition) is 6. The molecule has 4 rings (SSSR count). The summed E-state index contributed by atoms with van der Waals surface area (Å²) in [6, 6.07) is 0. The Morgan fingerprint density at radius 1 is 0.458 bits per heavy atom. The molecule has 4 heterocycles. The number of rotatable bonds is 4. The smallest absolute Gasteiger partial charge is 0.308 e. The molecule has 0 amide bonds. The Kier molecular flexibility index (Phi) is 7.15. The predicted octanol–water partition coefficient (Wildman–Crippen LogP) is -1.48. The van der Waals surface area contributed by atoms with Crippen LogP contribution in [0.5, 0.6) is 0 Å². The van der Waals surface area contributed by atoms with Gasteiger partial charge in [0.05, 0.1) is 52.6 Å². The van der Waals surface area contributed by atoms with Gasteiger partial charge in [-0.3, -0.25) is 0 Å². The molecular formula is C16H32ClN4O2P. The monoisotopic (exact) mass is 378 g/mol. The molecule has 0 N–H and O–H groups in total. The van der Waals surface area contributed by atoms with E-state index in [4.69, 9.17) is 9.47 Å². The van der Waals surface area contributed by atoms with Crippen molar-refractivity contribution < 1.29 is 21.9 Å². The van der Waals surface area contributed by atoms with Crippen LogP contribution in [0.2, 0.25) is 0 Å². The lowest BCUT2D eigenvalue weighted by Crippen LogP contribution is -3.00. The molecule has 0 aromatic rings. The summed E-state index contributed by atoms with van der Waals surface area (Å²) < 4.78 is 22.8. The Balaban J connectivity index is 0.00000169. The minimum absolute atomic E-state index is 0. The van der Waals surface area contributed by atoms with Crippen LogP contribution in [-0.2, 0) is 9.47 Å². The highest BCUT2D eigenvalue weighted by molar-refractivity contribution is 7.66. The topological polar surface area (TPSA) is 31.4 Å². The van der Waals surface area contributed by atoms with E-state index >= 15 is 0 Å². The van der Waals surface area contributed by atoms with Crippen molar-refractivity contribution in [1.82, 2.24) is 18.7 Å². The molecule has 0 aromatic heterocycles. The van der Waals surface area contributed by atoms with Gasteiger partial charge in [-0.25, -0.2) is 0 Å². The van der Waals surface area contributed by atoms with Crippen LogP contribution in [0, 0.1) is 0 Å². The fourth-order valence-corrected chi connectivity index (χ4v) is 9.84. The third-order valence-electron chi connectivity index (χ3n) is 5.66. The summed E-state index contributed by atoms with van der Waals surface area (Å²) in [6.45, 7) is 13.1. The zero-order valence-electron chi connectivity index (χ0n) is 14.7. The van der Waals surface area contributed by atoms with Gasteiger partial charge in [0.25, 0.3) is 0 Å². The highest BCUT2D eigenvalue weighted by Crippen LogP contribution is 2.71. The molecule has 140 valence electrons. The van der Waals surface area contributed by atoms with Gasteiger partial charge in [0.15, 0.2) is 0 Å². The van der Waals surface area contributed by atoms with E-state index < -0.39 is 7.87 Å². The van der Waals surface area contributed by atoms with E-state index in [2.05, 4.69) is 18.7 Å². The van der Waals surface area contributed by atoms with Crippen LogP contribution in [-0.4, -0.2) is 97.5 Å². The van der Waals surface area contributed by atoms with Crippen LogP contribution in [0.15, 0.2) is 0 Å². The van der Waals surface area contributed by atoms with Gasteiger partial charge >= 0.3 is 7.87 Å². The molecule has 8 heteroatoms. The fourth-order valence-electron chi connectivity index (χ4n) is 4.65. The third kappa shape index (κ3) is 3.49. The Bertz CT molecular complexity index is 346. The quantitative estimate of drug-likeness (QED) is 0.555. The second-order valence-corrected chi connectivity index (χ2v) is 10.3. The molecule has 0 spiro atoms. The minimum Gasteiger partial charge on any atom is -1.00 e. The summed E-state index contributed by atoms with van der Waals surface area (Å²) >= 11 is 0. The molecule has 0 aliphatic carbocycles. The van der Waals surface area contributed by atoms with E-state index in [1.165, 1.54) is 51.9 Å². The highest BCUT2D eigenvalue weighted by atomic mass is 35.5. The Morgan fingerprint density at radius 3 is 1.08 bits per heavy atom. The number of nitrogens with zero attached hydrogens (tertiary/aromatic N) is 4. The van der Waals surface area contributed by atoms with Crippen LogP contribution in [0.1, 0.15) is 25.7 Å². The molecule has 4 fully saturated rings. The lowest BCUT2D eigenvalue weighted by Gasteiger charge is -2.51. The summed E-state index contributed by atoms with van der Waals surface area (Å²) in [5, 5.41) is 0. The van der Waals surface area contributed by atoms with E-state index in [-0.39, 0.29) is 12.4 Å². The standard InChI is InChI=1S/C16H32N4O2P.ClH/c1-2-6-17(5-1)23(18-7-3-4-8-18,19-9-13-21-14-10-19)20-11-15-22-16-12-20;/h1-16H2;1H/q+1;/p-1. The molecule has 0 radical (unpaired) electrons. The number of hydrogen-bond donors (Lipinski definition) is 0. The molecule has 0 atom stereocenters. The Hall–Kier alpha value is 0.480. The zero-order chi connectivity index (χ0) is 15.5. The summed E-state index contributed by atoms with van der Waals surface area (Å²) in [5.41, 5.74) is 0. The largest absolute Gasteiger partial charge is 1.00 e. The van der Waals surface area contributed by atoms with Gasteiger partial charge in [0.2, 0.25) is 0 Å². The van der Waals surface area contributed by atoms with Gasteiger partial charge in [-0.1, -0.05) is 0 Å². The summed E-state index contributed by atoms with van der Waals surface area (Å²) in [5.74, 6) is 0. The van der Waals surface area contributed by atoms with Crippen LogP contribution in [0.4, 0.5) is 0 Å². The van der Waals surface area contributed by atoms with Crippen molar-refractivity contribution in [3.63, 3.8) is 0 Å². The van der Waals surface area contributed by atoms with Crippen molar-refractivity contribution in [2.24, 2.45) is 0 Å². The van der Waals surface area contributed by atoms with Gasteiger partial charge in [-0.15, -0.1) is 18.7 Å². The van der Waals surface area contributed by atoms with Crippen molar-refractivity contribution in [3.05, 3.63) is 0 Å². The van der Waals surface area contributed by atoms with E-state index in [9.17, 15) is 0 Å². The Morgan fingerprint density at radius 2 is 0.750 bits per heavy atom. The molecule has 4 aliphatic heterocycles. The van der Waals surface area contributed by atoms with E-state index in [0.29, 0.717) is 0 Å². The molecule has 0 aromatic carbocycles. The van der Waals surface area contributed by atoms with Crippen molar-refractivity contribution in [2.45, 2.75) is 25.7 Å². The number of ether oxygens (including phenoxy) is 2. The van der Waals surface area contributed by atoms with E-state index in [0.717, 1.165) is 52.6 Å². The molecule has 6 nitrogen and oxygen atoms in total. The first-order valence-electron chi connectivity index (χ1n) is 9.48. The molecular weight excluding hydrogens is 347 g/mol. The maximum Gasteiger partial charge on any atom is 0.308 e. The maximum atomic E-state index is 5.70. The number of morpholine rings is 2. The Labute approximate surface area is 153 Å². The zero-order valence-corrected chi connectivity index (χ0v) is 16.4. The maximum absolute atomic E-state index is 5.70. The SMILES string of the molecule is C1CCN([P+](N2CCCC2)(N2CCOCC2)N2CCOCC2)C1.[Cl-]. The summed E-state index contributed by atoms with van der Waals surface area (Å²) in [4.78, 5) is 0. The third-order valence-corrected chi connectivity index (χ3v) is 10.3. The molecule has 24 heavy (non-hydrogen) atoms. The normalized spacial score (nSPS) is 29.0. The highest BCUT2D eigenvalue weighted by Gasteiger charge is 2.62. The predicted molar refractivity (Wildman–Crippen MR) is 93.3 cm³/mol. The first-order valence-corrected chi connectivity index (χ1v) is 11.1. The second-order valence-electron chi connectivity index (χ2n) is 6.99. The van der Waals surface area contributed by atoms with Crippen molar-refractivity contribution in [2.75, 3.05) is 78.8 Å². The van der Waals surface area contributed by atoms with E-state index in [1.54, 1.807) is 0 Å². The fraction of sp³-hybridized carbons (Fsp3) is 1.00. The minimum atomic E-state index is -1.57. The van der Waals surface area contributed by atoms with Gasteiger partial charge < -0.3 is 21.9 Å². The molecule has 0 unspecified atom stereocenters. The first-order chi connectivity index (χ1) is 11.4. The van der Waals surface area contributed by atoms with Crippen molar-refractivity contribution in [3.8, 4) is 0 Å². The van der Waals surface area contributed by atoms with Crippen molar-refractivity contribution >= 4 is 7.87 Å². The number of halogens is 1. The van der Waals surface area contributed by atoms with E-state index in [1.807, 2.05) is 0 Å². The second kappa shape index (κ2) is 8.92.